The molecule has 1 saturated heterocycles. The summed E-state index contributed by atoms with van der Waals surface area (Å²) in [5.41, 5.74) is -0.944. The molecule has 1 aliphatic heterocycles. The molecule has 0 unspecified atom stereocenters. The van der Waals surface area contributed by atoms with Crippen LogP contribution in [0.1, 0.15) is 59.2 Å². The van der Waals surface area contributed by atoms with Crippen LogP contribution in [0.4, 0.5) is 22.0 Å². The molecule has 1 fully saturated rings. The monoisotopic (exact) mass is 444 g/mol. The van der Waals surface area contributed by atoms with Crippen molar-refractivity contribution >= 4 is 11.7 Å². The van der Waals surface area contributed by atoms with E-state index in [2.05, 4.69) is 24.5 Å². The lowest BCUT2D eigenvalue weighted by Gasteiger charge is -2.37. The third kappa shape index (κ3) is 3.83. The van der Waals surface area contributed by atoms with Gasteiger partial charge in [0.1, 0.15) is 12.0 Å². The number of oxazole rings is 1. The number of likely N-dealkylation sites (tertiary alicyclic amines) is 1. The highest BCUT2D eigenvalue weighted by Crippen LogP contribution is 2.36. The lowest BCUT2D eigenvalue weighted by Crippen LogP contribution is -2.43. The average molecular weight is 444 g/mol. The van der Waals surface area contributed by atoms with E-state index in [0.29, 0.717) is 12.1 Å². The summed E-state index contributed by atoms with van der Waals surface area (Å²) in [6.45, 7) is 3.27. The number of carbonyl (C=O) groups is 1. The largest absolute Gasteiger partial charge is 0.452 e. The molecule has 13 heteroatoms. The molecular weight excluding hydrogens is 427 g/mol. The first-order chi connectivity index (χ1) is 14.6. The predicted molar refractivity (Wildman–Crippen MR) is 94.4 cm³/mol. The molecule has 4 heterocycles. The first kappa shape index (κ1) is 21.1. The second-order valence-corrected chi connectivity index (χ2v) is 7.41. The van der Waals surface area contributed by atoms with Crippen molar-refractivity contribution in [3.8, 4) is 0 Å². The summed E-state index contributed by atoms with van der Waals surface area (Å²) in [5.74, 6) is -3.23. The standard InChI is InChI=1S/C18H17F5N6O2/c1-8-3-4-28(16(30)13-14(18(21,22)23)31-9(2)26-13)6-10(8)12-5-11(15(19)20)27-17-24-7-25-29(12)17/h5,7-8,10,15H,3-4,6H2,1-2H3/t8-,10-/m1/s1. The summed E-state index contributed by atoms with van der Waals surface area (Å²) in [4.78, 5) is 25.4. The SMILES string of the molecule is Cc1nc(C(=O)N2CC[C@@H](C)[C@H](c3cc(C(F)F)nc4ncnn34)C2)c(C(F)(F)F)o1. The number of alkyl halides is 5. The Kier molecular flexibility index (Phi) is 5.13. The molecule has 31 heavy (non-hydrogen) atoms. The number of halogens is 5. The quantitative estimate of drug-likeness (QED) is 0.573. The summed E-state index contributed by atoms with van der Waals surface area (Å²) in [5, 5.41) is 4.03. The van der Waals surface area contributed by atoms with Crippen LogP contribution in [0.25, 0.3) is 5.78 Å². The Morgan fingerprint density at radius 3 is 2.71 bits per heavy atom. The number of aryl methyl sites for hydroxylation is 1. The highest BCUT2D eigenvalue weighted by atomic mass is 19.4. The van der Waals surface area contributed by atoms with Gasteiger partial charge in [0.25, 0.3) is 18.1 Å². The zero-order valence-electron chi connectivity index (χ0n) is 16.4. The van der Waals surface area contributed by atoms with Crippen molar-refractivity contribution in [3.63, 3.8) is 0 Å². The Hall–Kier alpha value is -3.12. The summed E-state index contributed by atoms with van der Waals surface area (Å²) >= 11 is 0. The topological polar surface area (TPSA) is 89.4 Å². The van der Waals surface area contributed by atoms with Gasteiger partial charge in [-0.25, -0.2) is 23.3 Å². The highest BCUT2D eigenvalue weighted by Gasteiger charge is 2.43. The first-order valence-electron chi connectivity index (χ1n) is 9.39. The molecule has 8 nitrogen and oxygen atoms in total. The lowest BCUT2D eigenvalue weighted by molar-refractivity contribution is -0.153. The van der Waals surface area contributed by atoms with Gasteiger partial charge >= 0.3 is 6.18 Å². The van der Waals surface area contributed by atoms with Crippen molar-refractivity contribution in [2.75, 3.05) is 13.1 Å². The summed E-state index contributed by atoms with van der Waals surface area (Å²) in [6.07, 6.45) is -6.11. The van der Waals surface area contributed by atoms with Crippen LogP contribution in [-0.4, -0.2) is 48.5 Å². The van der Waals surface area contributed by atoms with Gasteiger partial charge in [-0.3, -0.25) is 4.79 Å². The van der Waals surface area contributed by atoms with Crippen LogP contribution < -0.4 is 0 Å². The molecule has 4 rings (SSSR count). The number of hydrogen-bond acceptors (Lipinski definition) is 6. The number of nitrogens with zero attached hydrogens (tertiary/aromatic N) is 6. The van der Waals surface area contributed by atoms with E-state index >= 15 is 0 Å². The maximum atomic E-state index is 13.3. The maximum Gasteiger partial charge on any atom is 0.452 e. The van der Waals surface area contributed by atoms with Crippen LogP contribution in [0, 0.1) is 12.8 Å². The molecule has 2 atom stereocenters. The number of amides is 1. The number of hydrogen-bond donors (Lipinski definition) is 0. The number of piperidine rings is 1. The van der Waals surface area contributed by atoms with Crippen LogP contribution >= 0.6 is 0 Å². The Balaban J connectivity index is 1.70. The Morgan fingerprint density at radius 2 is 2.03 bits per heavy atom. The third-order valence-corrected chi connectivity index (χ3v) is 5.34. The van der Waals surface area contributed by atoms with Gasteiger partial charge in [0, 0.05) is 25.9 Å². The Bertz CT molecular complexity index is 1120. The van der Waals surface area contributed by atoms with Gasteiger partial charge in [-0.05, 0) is 18.4 Å². The second-order valence-electron chi connectivity index (χ2n) is 7.41. The van der Waals surface area contributed by atoms with Gasteiger partial charge < -0.3 is 9.32 Å². The molecule has 0 radical (unpaired) electrons. The second kappa shape index (κ2) is 7.54. The van der Waals surface area contributed by atoms with E-state index in [1.807, 2.05) is 6.92 Å². The average Bonchev–Trinajstić information content (AvgIpc) is 3.33. The normalized spacial score (nSPS) is 20.1. The molecule has 1 aliphatic rings. The fourth-order valence-corrected chi connectivity index (χ4v) is 3.78. The van der Waals surface area contributed by atoms with Crippen molar-refractivity contribution in [1.82, 2.24) is 29.5 Å². The molecule has 1 amide bonds. The van der Waals surface area contributed by atoms with Gasteiger partial charge in [-0.15, -0.1) is 0 Å². The van der Waals surface area contributed by atoms with Gasteiger partial charge in [-0.2, -0.15) is 23.3 Å². The maximum absolute atomic E-state index is 13.3. The van der Waals surface area contributed by atoms with Crippen molar-refractivity contribution in [2.24, 2.45) is 5.92 Å². The van der Waals surface area contributed by atoms with Crippen molar-refractivity contribution in [2.45, 2.75) is 38.8 Å². The number of rotatable bonds is 3. The zero-order chi connectivity index (χ0) is 22.5. The molecule has 166 valence electrons. The van der Waals surface area contributed by atoms with Crippen molar-refractivity contribution in [3.05, 3.63) is 41.1 Å². The summed E-state index contributed by atoms with van der Waals surface area (Å²) in [6, 6.07) is 1.20. The zero-order valence-corrected chi connectivity index (χ0v) is 16.4. The smallest absolute Gasteiger partial charge is 0.436 e. The minimum Gasteiger partial charge on any atom is -0.436 e. The molecule has 0 aliphatic carbocycles. The minimum atomic E-state index is -4.88. The summed E-state index contributed by atoms with van der Waals surface area (Å²) in [7, 11) is 0. The van der Waals surface area contributed by atoms with Crippen LogP contribution in [0.5, 0.6) is 0 Å². The van der Waals surface area contributed by atoms with E-state index in [1.165, 1.54) is 28.7 Å². The van der Waals surface area contributed by atoms with E-state index in [1.54, 1.807) is 0 Å². The van der Waals surface area contributed by atoms with Crippen LogP contribution in [0.3, 0.4) is 0 Å². The molecule has 0 spiro atoms. The van der Waals surface area contributed by atoms with Crippen LogP contribution in [0.2, 0.25) is 0 Å². The van der Waals surface area contributed by atoms with Crippen LogP contribution in [0.15, 0.2) is 16.8 Å². The minimum absolute atomic E-state index is 0.00907. The van der Waals surface area contributed by atoms with E-state index in [0.717, 1.165) is 0 Å². The number of aromatic nitrogens is 5. The molecule has 0 aromatic carbocycles. The van der Waals surface area contributed by atoms with Crippen LogP contribution in [-0.2, 0) is 6.18 Å². The molecular formula is C18H17F5N6O2. The molecule has 3 aromatic heterocycles. The lowest BCUT2D eigenvalue weighted by atomic mass is 9.84. The van der Waals surface area contributed by atoms with E-state index < -0.39 is 41.6 Å². The first-order valence-corrected chi connectivity index (χ1v) is 9.39. The number of carbonyl (C=O) groups excluding carboxylic acids is 1. The Labute approximate surface area is 172 Å². The van der Waals surface area contributed by atoms with Crippen molar-refractivity contribution < 1.29 is 31.2 Å². The van der Waals surface area contributed by atoms with Gasteiger partial charge in [0.05, 0.1) is 5.69 Å². The van der Waals surface area contributed by atoms with E-state index in [-0.39, 0.29) is 30.7 Å². The van der Waals surface area contributed by atoms with Crippen molar-refractivity contribution in [1.29, 1.82) is 0 Å². The van der Waals surface area contributed by atoms with E-state index in [4.69, 9.17) is 0 Å². The Morgan fingerprint density at radius 1 is 1.29 bits per heavy atom. The molecule has 0 saturated carbocycles. The van der Waals surface area contributed by atoms with Gasteiger partial charge in [0.2, 0.25) is 5.76 Å². The van der Waals surface area contributed by atoms with Gasteiger partial charge in [0.15, 0.2) is 11.6 Å². The summed E-state index contributed by atoms with van der Waals surface area (Å²) < 4.78 is 72.3. The van der Waals surface area contributed by atoms with E-state index in [9.17, 15) is 26.7 Å². The number of fused-ring (bicyclic) bond motifs is 1. The predicted octanol–water partition coefficient (Wildman–Crippen LogP) is 3.64. The highest BCUT2D eigenvalue weighted by molar-refractivity contribution is 5.93. The third-order valence-electron chi connectivity index (χ3n) is 5.34. The fraction of sp³-hybridized carbons (Fsp3) is 0.500. The molecule has 0 N–H and O–H groups in total. The molecule has 3 aromatic rings. The van der Waals surface area contributed by atoms with Gasteiger partial charge in [-0.1, -0.05) is 6.92 Å². The molecule has 0 bridgehead atoms. The fourth-order valence-electron chi connectivity index (χ4n) is 3.78.